The van der Waals surface area contributed by atoms with Crippen LogP contribution in [0, 0.1) is 10.1 Å². The van der Waals surface area contributed by atoms with Crippen molar-refractivity contribution in [1.82, 2.24) is 0 Å². The van der Waals surface area contributed by atoms with Crippen molar-refractivity contribution in [2.45, 2.75) is 11.8 Å². The highest BCUT2D eigenvalue weighted by Gasteiger charge is 2.22. The van der Waals surface area contributed by atoms with E-state index >= 15 is 0 Å². The van der Waals surface area contributed by atoms with Crippen LogP contribution in [0.25, 0.3) is 0 Å². The number of amides is 1. The summed E-state index contributed by atoms with van der Waals surface area (Å²) in [7, 11) is -3.84. The van der Waals surface area contributed by atoms with Gasteiger partial charge >= 0.3 is 0 Å². The topological polar surface area (TPSA) is 116 Å². The average molecular weight is 364 g/mol. The van der Waals surface area contributed by atoms with Gasteiger partial charge in [-0.25, -0.2) is 8.42 Å². The van der Waals surface area contributed by atoms with Gasteiger partial charge in [-0.15, -0.1) is 0 Å². The molecule has 8 nitrogen and oxygen atoms in total. The van der Waals surface area contributed by atoms with Gasteiger partial charge < -0.3 is 10.1 Å². The van der Waals surface area contributed by atoms with Crippen molar-refractivity contribution in [1.29, 1.82) is 0 Å². The van der Waals surface area contributed by atoms with Gasteiger partial charge in [0, 0.05) is 0 Å². The lowest BCUT2D eigenvalue weighted by Crippen LogP contribution is -2.23. The van der Waals surface area contributed by atoms with Crippen LogP contribution in [-0.2, 0) is 14.6 Å². The fourth-order valence-electron chi connectivity index (χ4n) is 2.09. The smallest absolute Gasteiger partial charge is 0.296 e. The number of ether oxygens (including phenoxy) is 1. The summed E-state index contributed by atoms with van der Waals surface area (Å²) < 4.78 is 29.5. The Hall–Kier alpha value is -2.94. The molecule has 0 bridgehead atoms. The minimum absolute atomic E-state index is 0.00587. The Morgan fingerprint density at radius 1 is 1.20 bits per heavy atom. The van der Waals surface area contributed by atoms with Crippen LogP contribution < -0.4 is 10.1 Å². The molecule has 0 aliphatic heterocycles. The normalized spacial score (nSPS) is 10.9. The lowest BCUT2D eigenvalue weighted by Gasteiger charge is -2.09. The molecule has 0 heterocycles. The largest absolute Gasteiger partial charge is 0.494 e. The Kier molecular flexibility index (Phi) is 5.71. The van der Waals surface area contributed by atoms with Crippen LogP contribution in [0.5, 0.6) is 5.75 Å². The van der Waals surface area contributed by atoms with Crippen LogP contribution in [0.15, 0.2) is 53.4 Å². The first-order valence-corrected chi connectivity index (χ1v) is 8.97. The quantitative estimate of drug-likeness (QED) is 0.596. The third-order valence-electron chi connectivity index (χ3n) is 3.17. The summed E-state index contributed by atoms with van der Waals surface area (Å²) in [6.07, 6.45) is 0. The van der Waals surface area contributed by atoms with E-state index in [1.807, 2.05) is 0 Å². The number of hydrogen-bond acceptors (Lipinski definition) is 6. The van der Waals surface area contributed by atoms with E-state index in [0.717, 1.165) is 0 Å². The molecule has 9 heteroatoms. The first kappa shape index (κ1) is 18.4. The first-order chi connectivity index (χ1) is 11.8. The molecule has 0 unspecified atom stereocenters. The zero-order chi connectivity index (χ0) is 18.4. The van der Waals surface area contributed by atoms with Crippen LogP contribution in [0.3, 0.4) is 0 Å². The molecule has 0 aromatic heterocycles. The minimum Gasteiger partial charge on any atom is -0.494 e. The molecule has 1 amide bonds. The highest BCUT2D eigenvalue weighted by molar-refractivity contribution is 7.92. The summed E-state index contributed by atoms with van der Waals surface area (Å²) in [5.74, 6) is -1.40. The van der Waals surface area contributed by atoms with Crippen molar-refractivity contribution in [2.24, 2.45) is 0 Å². The highest BCUT2D eigenvalue weighted by Crippen LogP contribution is 2.29. The molecule has 1 N–H and O–H groups in total. The fourth-order valence-corrected chi connectivity index (χ4v) is 3.25. The molecule has 2 aromatic carbocycles. The number of nitrogens with one attached hydrogen (secondary N) is 1. The van der Waals surface area contributed by atoms with Crippen LogP contribution in [-0.4, -0.2) is 31.6 Å². The molecule has 0 atom stereocenters. The predicted molar refractivity (Wildman–Crippen MR) is 91.4 cm³/mol. The van der Waals surface area contributed by atoms with Crippen LogP contribution in [0.1, 0.15) is 6.92 Å². The van der Waals surface area contributed by atoms with Gasteiger partial charge in [-0.05, 0) is 31.2 Å². The molecule has 0 aliphatic carbocycles. The van der Waals surface area contributed by atoms with Gasteiger partial charge in [0.15, 0.2) is 9.84 Å². The van der Waals surface area contributed by atoms with Gasteiger partial charge in [-0.1, -0.05) is 18.2 Å². The van der Waals surface area contributed by atoms with Gasteiger partial charge in [-0.2, -0.15) is 0 Å². The standard InChI is InChI=1S/C16H16N2O6S/c1-2-24-12-8-9-14(15(10-12)18(20)21)17-16(19)11-25(22,23)13-6-4-3-5-7-13/h3-10H,2,11H2,1H3,(H,17,19). The van der Waals surface area contributed by atoms with E-state index in [2.05, 4.69) is 5.32 Å². The molecule has 25 heavy (non-hydrogen) atoms. The second-order valence-corrected chi connectivity index (χ2v) is 6.98. The van der Waals surface area contributed by atoms with Gasteiger partial charge in [-0.3, -0.25) is 14.9 Å². The summed E-state index contributed by atoms with van der Waals surface area (Å²) in [6, 6.07) is 11.4. The number of nitro benzene ring substituents is 1. The van der Waals surface area contributed by atoms with Crippen LogP contribution in [0.4, 0.5) is 11.4 Å². The van der Waals surface area contributed by atoms with E-state index in [9.17, 15) is 23.3 Å². The van der Waals surface area contributed by atoms with Crippen molar-refractivity contribution >= 4 is 27.1 Å². The number of rotatable bonds is 7. The van der Waals surface area contributed by atoms with Crippen molar-refractivity contribution in [2.75, 3.05) is 17.7 Å². The zero-order valence-corrected chi connectivity index (χ0v) is 14.2. The SMILES string of the molecule is CCOc1ccc(NC(=O)CS(=O)(=O)c2ccccc2)c([N+](=O)[O-])c1. The monoisotopic (exact) mass is 364 g/mol. The number of carbonyl (C=O) groups is 1. The number of sulfone groups is 1. The molecule has 0 spiro atoms. The summed E-state index contributed by atoms with van der Waals surface area (Å²) in [5, 5.41) is 13.4. The highest BCUT2D eigenvalue weighted by atomic mass is 32.2. The number of benzene rings is 2. The third-order valence-corrected chi connectivity index (χ3v) is 4.81. The van der Waals surface area contributed by atoms with Gasteiger partial charge in [0.25, 0.3) is 5.69 Å². The molecular formula is C16H16N2O6S. The summed E-state index contributed by atoms with van der Waals surface area (Å²) in [4.78, 5) is 22.5. The van der Waals surface area contributed by atoms with Crippen molar-refractivity contribution < 1.29 is 22.9 Å². The molecule has 0 aliphatic rings. The van der Waals surface area contributed by atoms with E-state index < -0.39 is 26.4 Å². The Morgan fingerprint density at radius 3 is 2.48 bits per heavy atom. The minimum atomic E-state index is -3.84. The molecule has 0 radical (unpaired) electrons. The molecule has 132 valence electrons. The lowest BCUT2D eigenvalue weighted by molar-refractivity contribution is -0.384. The number of anilines is 1. The first-order valence-electron chi connectivity index (χ1n) is 7.32. The molecule has 0 saturated heterocycles. The summed E-state index contributed by atoms with van der Waals surface area (Å²) in [5.41, 5.74) is -0.474. The molecule has 0 fully saturated rings. The number of nitro groups is 1. The summed E-state index contributed by atoms with van der Waals surface area (Å²) >= 11 is 0. The third kappa shape index (κ3) is 4.77. The average Bonchev–Trinajstić information content (AvgIpc) is 2.56. The Balaban J connectivity index is 2.19. The zero-order valence-electron chi connectivity index (χ0n) is 13.3. The maximum atomic E-state index is 12.2. The van der Waals surface area contributed by atoms with Crippen molar-refractivity contribution in [3.05, 3.63) is 58.6 Å². The van der Waals surface area contributed by atoms with Crippen LogP contribution >= 0.6 is 0 Å². The summed E-state index contributed by atoms with van der Waals surface area (Å²) in [6.45, 7) is 2.06. The number of hydrogen-bond donors (Lipinski definition) is 1. The van der Waals surface area contributed by atoms with E-state index in [1.165, 1.54) is 30.3 Å². The second-order valence-electron chi connectivity index (χ2n) is 4.99. The van der Waals surface area contributed by atoms with Gasteiger partial charge in [0.1, 0.15) is 17.2 Å². The van der Waals surface area contributed by atoms with Crippen molar-refractivity contribution in [3.8, 4) is 5.75 Å². The molecular weight excluding hydrogens is 348 g/mol. The Bertz CT molecular complexity index is 881. The Labute approximate surface area is 144 Å². The molecule has 0 saturated carbocycles. The number of nitrogens with zero attached hydrogens (tertiary/aromatic N) is 1. The molecule has 2 rings (SSSR count). The Morgan fingerprint density at radius 2 is 1.88 bits per heavy atom. The van der Waals surface area contributed by atoms with E-state index in [0.29, 0.717) is 6.61 Å². The number of carbonyl (C=O) groups excluding carboxylic acids is 1. The van der Waals surface area contributed by atoms with E-state index in [-0.39, 0.29) is 22.0 Å². The lowest BCUT2D eigenvalue weighted by atomic mass is 10.2. The molecule has 2 aromatic rings. The van der Waals surface area contributed by atoms with E-state index in [1.54, 1.807) is 25.1 Å². The fraction of sp³-hybridized carbons (Fsp3) is 0.188. The van der Waals surface area contributed by atoms with Crippen LogP contribution in [0.2, 0.25) is 0 Å². The maximum absolute atomic E-state index is 12.2. The van der Waals surface area contributed by atoms with E-state index in [4.69, 9.17) is 4.74 Å². The van der Waals surface area contributed by atoms with Gasteiger partial charge in [0.2, 0.25) is 5.91 Å². The second kappa shape index (κ2) is 7.75. The maximum Gasteiger partial charge on any atom is 0.296 e. The van der Waals surface area contributed by atoms with Gasteiger partial charge in [0.05, 0.1) is 22.5 Å². The van der Waals surface area contributed by atoms with Crippen molar-refractivity contribution in [3.63, 3.8) is 0 Å². The predicted octanol–water partition coefficient (Wildman–Crippen LogP) is 2.41.